The van der Waals surface area contributed by atoms with Crippen molar-refractivity contribution >= 4 is 33.2 Å². The number of hydrogen-bond donors (Lipinski definition) is 0. The summed E-state index contributed by atoms with van der Waals surface area (Å²) in [6.07, 6.45) is 2.04. The van der Waals surface area contributed by atoms with Crippen LogP contribution in [0.2, 0.25) is 0 Å². The van der Waals surface area contributed by atoms with Crippen molar-refractivity contribution in [1.82, 2.24) is 29.5 Å². The Kier molecular flexibility index (Phi) is 4.46. The number of aromatic nitrogens is 5. The highest BCUT2D eigenvalue weighted by Gasteiger charge is 2.46. The molecule has 1 amide bonds. The normalized spacial score (nSPS) is 23.0. The van der Waals surface area contributed by atoms with Gasteiger partial charge in [0.2, 0.25) is 0 Å². The third kappa shape index (κ3) is 3.00. The molecule has 0 aliphatic carbocycles. The SMILES string of the molecule is Cc1nc2ccc(C(=O)N3[C@H]4CC[C@H](c5cc(C(F)F)nc6ncnn56)[C@@H]3CC4)cc2s1. The Morgan fingerprint density at radius 1 is 1.16 bits per heavy atom. The molecule has 2 aliphatic heterocycles. The van der Waals surface area contributed by atoms with Crippen molar-refractivity contribution in [1.29, 1.82) is 0 Å². The van der Waals surface area contributed by atoms with Crippen molar-refractivity contribution in [3.63, 3.8) is 0 Å². The highest BCUT2D eigenvalue weighted by Crippen LogP contribution is 2.45. The largest absolute Gasteiger partial charge is 0.332 e. The van der Waals surface area contributed by atoms with Crippen LogP contribution in [0.4, 0.5) is 8.78 Å². The minimum absolute atomic E-state index is 0.00636. The number of alkyl halides is 2. The van der Waals surface area contributed by atoms with E-state index < -0.39 is 6.43 Å². The lowest BCUT2D eigenvalue weighted by atomic mass is 9.86. The fourth-order valence-corrected chi connectivity index (χ4v) is 6.23. The van der Waals surface area contributed by atoms with Gasteiger partial charge >= 0.3 is 0 Å². The molecule has 10 heteroatoms. The summed E-state index contributed by atoms with van der Waals surface area (Å²) in [4.78, 5) is 28.0. The van der Waals surface area contributed by atoms with E-state index in [-0.39, 0.29) is 35.4 Å². The first kappa shape index (κ1) is 19.7. The molecule has 0 saturated carbocycles. The smallest absolute Gasteiger partial charge is 0.280 e. The van der Waals surface area contributed by atoms with Gasteiger partial charge in [-0.05, 0) is 56.9 Å². The summed E-state index contributed by atoms with van der Waals surface area (Å²) in [5, 5.41) is 5.20. The van der Waals surface area contributed by atoms with Crippen LogP contribution < -0.4 is 0 Å². The molecule has 0 radical (unpaired) electrons. The van der Waals surface area contributed by atoms with Gasteiger partial charge in [-0.3, -0.25) is 4.79 Å². The van der Waals surface area contributed by atoms with Gasteiger partial charge in [-0.15, -0.1) is 11.3 Å². The standard InChI is InChI=1S/C22H20F2N6OS/c1-11-27-15-6-2-12(8-19(15)32-11)21(31)29-13-3-5-14(17(29)7-4-13)18-9-16(20(23)24)28-22-25-10-26-30(18)22/h2,6,8-10,13-14,17,20H,3-5,7H2,1H3/t13-,14-,17-/m0/s1. The third-order valence-electron chi connectivity index (χ3n) is 6.70. The lowest BCUT2D eigenvalue weighted by molar-refractivity contribution is 0.0554. The molecular weight excluding hydrogens is 434 g/mol. The first-order valence-corrected chi connectivity index (χ1v) is 11.5. The van der Waals surface area contributed by atoms with Gasteiger partial charge in [0.25, 0.3) is 18.1 Å². The Bertz CT molecular complexity index is 1350. The van der Waals surface area contributed by atoms with E-state index in [1.54, 1.807) is 15.9 Å². The average Bonchev–Trinajstić information content (AvgIpc) is 3.47. The van der Waals surface area contributed by atoms with Crippen molar-refractivity contribution in [2.75, 3.05) is 0 Å². The molecule has 2 fully saturated rings. The van der Waals surface area contributed by atoms with E-state index in [0.29, 0.717) is 11.3 Å². The highest BCUT2D eigenvalue weighted by molar-refractivity contribution is 7.18. The molecule has 164 valence electrons. The number of carbonyl (C=O) groups is 1. The highest BCUT2D eigenvalue weighted by atomic mass is 32.1. The van der Waals surface area contributed by atoms with Crippen molar-refractivity contribution in [2.45, 2.75) is 57.0 Å². The van der Waals surface area contributed by atoms with Gasteiger partial charge in [0.15, 0.2) is 0 Å². The van der Waals surface area contributed by atoms with Crippen LogP contribution >= 0.6 is 11.3 Å². The van der Waals surface area contributed by atoms with Gasteiger partial charge in [-0.2, -0.15) is 10.1 Å². The van der Waals surface area contributed by atoms with E-state index in [1.165, 1.54) is 12.4 Å². The van der Waals surface area contributed by atoms with Gasteiger partial charge in [0, 0.05) is 23.6 Å². The van der Waals surface area contributed by atoms with Crippen LogP contribution in [0.3, 0.4) is 0 Å². The van der Waals surface area contributed by atoms with Crippen LogP contribution in [-0.4, -0.2) is 47.5 Å². The van der Waals surface area contributed by atoms with Gasteiger partial charge < -0.3 is 4.90 Å². The number of carbonyl (C=O) groups excluding carboxylic acids is 1. The molecule has 3 atom stereocenters. The van der Waals surface area contributed by atoms with Gasteiger partial charge in [0.1, 0.15) is 12.0 Å². The molecular formula is C22H20F2N6OS. The van der Waals surface area contributed by atoms with Crippen LogP contribution in [0, 0.1) is 6.92 Å². The van der Waals surface area contributed by atoms with Gasteiger partial charge in [-0.1, -0.05) is 0 Å². The molecule has 6 rings (SSSR count). The summed E-state index contributed by atoms with van der Waals surface area (Å²) in [6, 6.07) is 7.19. The lowest BCUT2D eigenvalue weighted by Crippen LogP contribution is -2.47. The van der Waals surface area contributed by atoms with Crippen molar-refractivity contribution in [3.8, 4) is 0 Å². The maximum absolute atomic E-state index is 13.6. The predicted molar refractivity (Wildman–Crippen MR) is 115 cm³/mol. The van der Waals surface area contributed by atoms with Crippen molar-refractivity contribution < 1.29 is 13.6 Å². The van der Waals surface area contributed by atoms with Crippen molar-refractivity contribution in [2.24, 2.45) is 0 Å². The quantitative estimate of drug-likeness (QED) is 0.455. The molecule has 32 heavy (non-hydrogen) atoms. The molecule has 0 N–H and O–H groups in total. The first-order chi connectivity index (χ1) is 15.5. The average molecular weight is 455 g/mol. The van der Waals surface area contributed by atoms with Crippen molar-refractivity contribution in [3.05, 3.63) is 52.6 Å². The maximum Gasteiger partial charge on any atom is 0.280 e. The van der Waals surface area contributed by atoms with Gasteiger partial charge in [-0.25, -0.2) is 23.3 Å². The Morgan fingerprint density at radius 2 is 2.00 bits per heavy atom. The molecule has 1 aromatic carbocycles. The van der Waals surface area contributed by atoms with E-state index in [0.717, 1.165) is 40.9 Å². The first-order valence-electron chi connectivity index (χ1n) is 10.7. The maximum atomic E-state index is 13.6. The molecule has 0 spiro atoms. The van der Waals surface area contributed by atoms with Crippen LogP contribution in [0.25, 0.3) is 16.0 Å². The Hall–Kier alpha value is -3.01. The Balaban J connectivity index is 1.39. The summed E-state index contributed by atoms with van der Waals surface area (Å²) in [6.45, 7) is 1.95. The Morgan fingerprint density at radius 3 is 2.84 bits per heavy atom. The molecule has 4 aromatic rings. The summed E-state index contributed by atoms with van der Waals surface area (Å²) in [5.74, 6) is 0.0618. The summed E-state index contributed by atoms with van der Waals surface area (Å²) >= 11 is 1.57. The van der Waals surface area contributed by atoms with Crippen LogP contribution in [0.15, 0.2) is 30.6 Å². The minimum Gasteiger partial charge on any atom is -0.332 e. The van der Waals surface area contributed by atoms with E-state index in [1.807, 2.05) is 30.0 Å². The fraction of sp³-hybridized carbons (Fsp3) is 0.409. The Labute approximate surface area is 186 Å². The van der Waals surface area contributed by atoms with E-state index in [2.05, 4.69) is 20.1 Å². The predicted octanol–water partition coefficient (Wildman–Crippen LogP) is 4.53. The zero-order valence-corrected chi connectivity index (χ0v) is 18.1. The van der Waals surface area contributed by atoms with Crippen LogP contribution in [0.1, 0.15) is 64.8 Å². The second-order valence-corrected chi connectivity index (χ2v) is 9.72. The summed E-state index contributed by atoms with van der Waals surface area (Å²) < 4.78 is 29.5. The minimum atomic E-state index is -2.69. The topological polar surface area (TPSA) is 76.3 Å². The van der Waals surface area contributed by atoms with E-state index in [4.69, 9.17) is 0 Å². The number of rotatable bonds is 3. The van der Waals surface area contributed by atoms with Crippen LogP contribution in [0.5, 0.6) is 0 Å². The number of piperidine rings is 1. The molecule has 7 nitrogen and oxygen atoms in total. The monoisotopic (exact) mass is 454 g/mol. The number of amides is 1. The fourth-order valence-electron chi connectivity index (χ4n) is 5.37. The second-order valence-electron chi connectivity index (χ2n) is 8.49. The van der Waals surface area contributed by atoms with E-state index in [9.17, 15) is 13.6 Å². The molecule has 2 aliphatic rings. The number of halogens is 2. The van der Waals surface area contributed by atoms with Crippen LogP contribution in [-0.2, 0) is 0 Å². The zero-order chi connectivity index (χ0) is 22.0. The third-order valence-corrected chi connectivity index (χ3v) is 7.63. The molecule has 5 heterocycles. The molecule has 0 unspecified atom stereocenters. The summed E-state index contributed by atoms with van der Waals surface area (Å²) in [5.41, 5.74) is 1.89. The lowest BCUT2D eigenvalue weighted by Gasteiger charge is -2.40. The molecule has 3 aromatic heterocycles. The number of benzene rings is 1. The summed E-state index contributed by atoms with van der Waals surface area (Å²) in [7, 11) is 0. The molecule has 2 bridgehead atoms. The zero-order valence-electron chi connectivity index (χ0n) is 17.3. The number of thiazole rings is 1. The van der Waals surface area contributed by atoms with Gasteiger partial charge in [0.05, 0.1) is 20.9 Å². The van der Waals surface area contributed by atoms with E-state index >= 15 is 0 Å². The second kappa shape index (κ2) is 7.26. The number of fused-ring (bicyclic) bond motifs is 4. The number of hydrogen-bond acceptors (Lipinski definition) is 6. The number of nitrogens with zero attached hydrogens (tertiary/aromatic N) is 6. The number of aryl methyl sites for hydroxylation is 1. The molecule has 2 saturated heterocycles.